The largest absolute Gasteiger partial charge is 0.496 e. The fraction of sp³-hybridized carbons (Fsp3) is 0.529. The molecule has 1 aliphatic rings. The van der Waals surface area contributed by atoms with E-state index in [-0.39, 0.29) is 18.0 Å². The standard InChI is InChI=1S/C17H24N2O4/c1-23-15-5-3-2-4-12(15)10-11-18-17(22)19-14-8-6-13(7-9-14)16(20)21/h2-5,13-14H,6-11H2,1H3,(H,20,21)(H2,18,19,22). The van der Waals surface area contributed by atoms with Crippen molar-refractivity contribution in [3.8, 4) is 5.75 Å². The number of aliphatic carboxylic acids is 1. The van der Waals surface area contributed by atoms with Gasteiger partial charge in [0.25, 0.3) is 0 Å². The summed E-state index contributed by atoms with van der Waals surface area (Å²) in [6.07, 6.45) is 3.39. The Morgan fingerprint density at radius 2 is 1.91 bits per heavy atom. The second-order valence-electron chi connectivity index (χ2n) is 5.85. The highest BCUT2D eigenvalue weighted by atomic mass is 16.5. The van der Waals surface area contributed by atoms with Gasteiger partial charge in [-0.3, -0.25) is 4.79 Å². The summed E-state index contributed by atoms with van der Waals surface area (Å²) in [4.78, 5) is 22.8. The zero-order chi connectivity index (χ0) is 16.7. The number of benzene rings is 1. The molecule has 3 N–H and O–H groups in total. The number of nitrogens with one attached hydrogen (secondary N) is 2. The number of hydrogen-bond acceptors (Lipinski definition) is 3. The average Bonchev–Trinajstić information content (AvgIpc) is 2.55. The van der Waals surface area contributed by atoms with Crippen LogP contribution in [-0.2, 0) is 11.2 Å². The van der Waals surface area contributed by atoms with E-state index in [2.05, 4.69) is 10.6 Å². The molecule has 0 spiro atoms. The maximum absolute atomic E-state index is 11.9. The quantitative estimate of drug-likeness (QED) is 0.749. The summed E-state index contributed by atoms with van der Waals surface area (Å²) in [7, 11) is 1.63. The topological polar surface area (TPSA) is 87.7 Å². The Labute approximate surface area is 136 Å². The number of ether oxygens (including phenoxy) is 1. The molecular weight excluding hydrogens is 296 g/mol. The van der Waals surface area contributed by atoms with Gasteiger partial charge in [0.15, 0.2) is 0 Å². The Hall–Kier alpha value is -2.24. The van der Waals surface area contributed by atoms with E-state index in [0.29, 0.717) is 25.8 Å². The van der Waals surface area contributed by atoms with Crippen molar-refractivity contribution in [1.82, 2.24) is 10.6 Å². The molecule has 1 fully saturated rings. The van der Waals surface area contributed by atoms with Gasteiger partial charge in [-0.2, -0.15) is 0 Å². The van der Waals surface area contributed by atoms with E-state index in [1.165, 1.54) is 0 Å². The van der Waals surface area contributed by atoms with Gasteiger partial charge in [0.1, 0.15) is 5.75 Å². The molecule has 0 heterocycles. The van der Waals surface area contributed by atoms with Crippen LogP contribution < -0.4 is 15.4 Å². The third kappa shape index (κ3) is 5.16. The molecule has 1 aromatic rings. The van der Waals surface area contributed by atoms with Crippen molar-refractivity contribution in [2.75, 3.05) is 13.7 Å². The van der Waals surface area contributed by atoms with Crippen LogP contribution in [0, 0.1) is 5.92 Å². The van der Waals surface area contributed by atoms with Crippen molar-refractivity contribution < 1.29 is 19.4 Å². The molecular formula is C17H24N2O4. The van der Waals surface area contributed by atoms with Gasteiger partial charge in [0.05, 0.1) is 13.0 Å². The normalized spacial score (nSPS) is 20.6. The Balaban J connectivity index is 1.69. The molecule has 1 saturated carbocycles. The maximum atomic E-state index is 11.9. The van der Waals surface area contributed by atoms with Crippen LogP contribution >= 0.6 is 0 Å². The number of carbonyl (C=O) groups is 2. The van der Waals surface area contributed by atoms with Crippen LogP contribution in [0.3, 0.4) is 0 Å². The van der Waals surface area contributed by atoms with Gasteiger partial charge in [-0.1, -0.05) is 18.2 Å². The molecule has 0 bridgehead atoms. The first-order chi connectivity index (χ1) is 11.1. The lowest BCUT2D eigenvalue weighted by Crippen LogP contribution is -2.44. The number of amides is 2. The molecule has 0 atom stereocenters. The minimum Gasteiger partial charge on any atom is -0.496 e. The lowest BCUT2D eigenvalue weighted by atomic mass is 9.86. The lowest BCUT2D eigenvalue weighted by Gasteiger charge is -2.26. The lowest BCUT2D eigenvalue weighted by molar-refractivity contribution is -0.142. The molecule has 0 aliphatic heterocycles. The minimum absolute atomic E-state index is 0.0665. The molecule has 23 heavy (non-hydrogen) atoms. The van der Waals surface area contributed by atoms with Gasteiger partial charge in [-0.15, -0.1) is 0 Å². The van der Waals surface area contributed by atoms with Crippen LogP contribution in [0.1, 0.15) is 31.2 Å². The highest BCUT2D eigenvalue weighted by molar-refractivity contribution is 5.74. The SMILES string of the molecule is COc1ccccc1CCNC(=O)NC1CCC(C(=O)O)CC1. The molecule has 1 aliphatic carbocycles. The predicted octanol–water partition coefficient (Wildman–Crippen LogP) is 2.18. The fourth-order valence-corrected chi connectivity index (χ4v) is 2.94. The molecule has 0 radical (unpaired) electrons. The average molecular weight is 320 g/mol. The number of methoxy groups -OCH3 is 1. The Morgan fingerprint density at radius 1 is 1.22 bits per heavy atom. The third-order valence-electron chi connectivity index (χ3n) is 4.28. The van der Waals surface area contributed by atoms with Gasteiger partial charge in [0.2, 0.25) is 0 Å². The van der Waals surface area contributed by atoms with Gasteiger partial charge in [-0.25, -0.2) is 4.79 Å². The Kier molecular flexibility index (Phi) is 6.26. The molecule has 2 amide bonds. The molecule has 2 rings (SSSR count). The highest BCUT2D eigenvalue weighted by Crippen LogP contribution is 2.24. The first-order valence-electron chi connectivity index (χ1n) is 7.99. The summed E-state index contributed by atoms with van der Waals surface area (Å²) in [5.41, 5.74) is 1.05. The molecule has 126 valence electrons. The zero-order valence-corrected chi connectivity index (χ0v) is 13.4. The number of rotatable bonds is 6. The van der Waals surface area contributed by atoms with Crippen molar-refractivity contribution in [3.05, 3.63) is 29.8 Å². The van der Waals surface area contributed by atoms with E-state index < -0.39 is 5.97 Å². The van der Waals surface area contributed by atoms with E-state index in [9.17, 15) is 9.59 Å². The minimum atomic E-state index is -0.732. The number of hydrogen-bond donors (Lipinski definition) is 3. The number of carboxylic acid groups (broad SMARTS) is 1. The summed E-state index contributed by atoms with van der Waals surface area (Å²) >= 11 is 0. The summed E-state index contributed by atoms with van der Waals surface area (Å²) in [5.74, 6) is -0.173. The highest BCUT2D eigenvalue weighted by Gasteiger charge is 2.26. The van der Waals surface area contributed by atoms with Crippen LogP contribution in [0.2, 0.25) is 0 Å². The molecule has 6 nitrogen and oxygen atoms in total. The first-order valence-corrected chi connectivity index (χ1v) is 7.99. The number of urea groups is 1. The zero-order valence-electron chi connectivity index (χ0n) is 13.4. The van der Waals surface area contributed by atoms with Crippen molar-refractivity contribution in [2.24, 2.45) is 5.92 Å². The number of carbonyl (C=O) groups excluding carboxylic acids is 1. The van der Waals surface area contributed by atoms with Crippen LogP contribution in [0.15, 0.2) is 24.3 Å². The van der Waals surface area contributed by atoms with E-state index >= 15 is 0 Å². The van der Waals surface area contributed by atoms with E-state index in [4.69, 9.17) is 9.84 Å². The van der Waals surface area contributed by atoms with Crippen LogP contribution in [0.4, 0.5) is 4.79 Å². The summed E-state index contributed by atoms with van der Waals surface area (Å²) < 4.78 is 5.28. The van der Waals surface area contributed by atoms with Gasteiger partial charge in [0, 0.05) is 12.6 Å². The second kappa shape index (κ2) is 8.41. The van der Waals surface area contributed by atoms with Gasteiger partial charge < -0.3 is 20.5 Å². The number of carboxylic acids is 1. The molecule has 6 heteroatoms. The molecule has 0 saturated heterocycles. The van der Waals surface area contributed by atoms with Gasteiger partial charge in [-0.05, 0) is 43.7 Å². The molecule has 1 aromatic carbocycles. The Morgan fingerprint density at radius 3 is 2.57 bits per heavy atom. The third-order valence-corrected chi connectivity index (χ3v) is 4.28. The molecule has 0 aromatic heterocycles. The predicted molar refractivity (Wildman–Crippen MR) is 86.6 cm³/mol. The maximum Gasteiger partial charge on any atom is 0.315 e. The van der Waals surface area contributed by atoms with E-state index in [0.717, 1.165) is 24.2 Å². The van der Waals surface area contributed by atoms with Crippen molar-refractivity contribution in [2.45, 2.75) is 38.1 Å². The van der Waals surface area contributed by atoms with Crippen molar-refractivity contribution >= 4 is 12.0 Å². The van der Waals surface area contributed by atoms with E-state index in [1.807, 2.05) is 24.3 Å². The summed E-state index contributed by atoms with van der Waals surface area (Å²) in [6, 6.07) is 7.60. The van der Waals surface area contributed by atoms with Crippen molar-refractivity contribution in [1.29, 1.82) is 0 Å². The molecule has 0 unspecified atom stereocenters. The van der Waals surface area contributed by atoms with Crippen LogP contribution in [0.5, 0.6) is 5.75 Å². The second-order valence-corrected chi connectivity index (χ2v) is 5.85. The number of para-hydroxylation sites is 1. The summed E-state index contributed by atoms with van der Waals surface area (Å²) in [6.45, 7) is 0.524. The van der Waals surface area contributed by atoms with Crippen molar-refractivity contribution in [3.63, 3.8) is 0 Å². The Bertz CT molecular complexity index is 539. The fourth-order valence-electron chi connectivity index (χ4n) is 2.94. The monoisotopic (exact) mass is 320 g/mol. The summed E-state index contributed by atoms with van der Waals surface area (Å²) in [5, 5.41) is 14.7. The van der Waals surface area contributed by atoms with Crippen LogP contribution in [-0.4, -0.2) is 36.8 Å². The first kappa shape index (κ1) is 17.1. The smallest absolute Gasteiger partial charge is 0.315 e. The van der Waals surface area contributed by atoms with E-state index in [1.54, 1.807) is 7.11 Å². The van der Waals surface area contributed by atoms with Gasteiger partial charge >= 0.3 is 12.0 Å². The van der Waals surface area contributed by atoms with Crippen LogP contribution in [0.25, 0.3) is 0 Å².